The topological polar surface area (TPSA) is 83.8 Å². The zero-order valence-corrected chi connectivity index (χ0v) is 15.7. The Morgan fingerprint density at radius 3 is 2.62 bits per heavy atom. The van der Waals surface area contributed by atoms with Crippen LogP contribution in [0.25, 0.3) is 0 Å². The summed E-state index contributed by atoms with van der Waals surface area (Å²) in [6.07, 6.45) is 1.40. The molecule has 0 radical (unpaired) electrons. The van der Waals surface area contributed by atoms with Crippen LogP contribution in [-0.4, -0.2) is 40.3 Å². The van der Waals surface area contributed by atoms with E-state index in [0.29, 0.717) is 24.8 Å². The van der Waals surface area contributed by atoms with Crippen molar-refractivity contribution in [2.45, 2.75) is 58.3 Å². The molecule has 0 aromatic heterocycles. The van der Waals surface area contributed by atoms with Crippen LogP contribution in [0.5, 0.6) is 0 Å². The highest BCUT2D eigenvalue weighted by Gasteiger charge is 2.86. The number of carbonyl (C=O) groups is 2. The molecule has 2 heterocycles. The molecule has 6 fully saturated rings. The predicted molar refractivity (Wildman–Crippen MR) is 92.8 cm³/mol. The van der Waals surface area contributed by atoms with Gasteiger partial charge in [-0.05, 0) is 48.0 Å². The van der Waals surface area contributed by atoms with Crippen LogP contribution in [0.1, 0.15) is 46.5 Å². The Morgan fingerprint density at radius 1 is 1.23 bits per heavy atom. The van der Waals surface area contributed by atoms with Crippen molar-refractivity contribution in [2.75, 3.05) is 6.61 Å². The van der Waals surface area contributed by atoms with E-state index in [2.05, 4.69) is 20.4 Å². The third kappa shape index (κ3) is 1.37. The average Bonchev–Trinajstić information content (AvgIpc) is 2.69. The Hall–Kier alpha value is -1.04. The van der Waals surface area contributed by atoms with Crippen LogP contribution in [0.4, 0.5) is 0 Å². The Morgan fingerprint density at radius 2 is 1.92 bits per heavy atom. The molecule has 142 valence electrons. The molecule has 2 saturated heterocycles. The lowest BCUT2D eigenvalue weighted by Gasteiger charge is -2.73. The minimum absolute atomic E-state index is 0.000484. The normalized spacial score (nSPS) is 57.1. The zero-order chi connectivity index (χ0) is 18.9. The van der Waals surface area contributed by atoms with Crippen molar-refractivity contribution in [3.05, 3.63) is 12.2 Å². The van der Waals surface area contributed by atoms with Gasteiger partial charge in [-0.1, -0.05) is 27.4 Å². The highest BCUT2D eigenvalue weighted by atomic mass is 16.6. The molecular weight excluding hydrogens is 332 g/mol. The molecule has 5 nitrogen and oxygen atoms in total. The van der Waals surface area contributed by atoms with Gasteiger partial charge in [-0.2, -0.15) is 0 Å². The minimum Gasteiger partial charge on any atom is -0.387 e. The molecule has 0 aromatic carbocycles. The monoisotopic (exact) mass is 360 g/mol. The number of allylic oxidation sites excluding steroid dienone is 1. The Balaban J connectivity index is 1.83. The smallest absolute Gasteiger partial charge is 0.206 e. The molecule has 26 heavy (non-hydrogen) atoms. The van der Waals surface area contributed by atoms with Crippen LogP contribution in [0.15, 0.2) is 12.2 Å². The van der Waals surface area contributed by atoms with E-state index < -0.39 is 28.6 Å². The van der Waals surface area contributed by atoms with E-state index in [9.17, 15) is 19.8 Å². The molecule has 6 rings (SSSR count). The lowest BCUT2D eigenvalue weighted by Crippen LogP contribution is -2.84. The second-order valence-electron chi connectivity index (χ2n) is 10.1. The van der Waals surface area contributed by atoms with Crippen LogP contribution < -0.4 is 0 Å². The van der Waals surface area contributed by atoms with E-state index in [4.69, 9.17) is 4.74 Å². The lowest BCUT2D eigenvalue weighted by atomic mass is 9.35. The fourth-order valence-corrected chi connectivity index (χ4v) is 8.13. The number of Topliss-reactive ketones (excluding diaryl/α,β-unsaturated/α-hetero) is 2. The summed E-state index contributed by atoms with van der Waals surface area (Å²) in [6, 6.07) is 0. The van der Waals surface area contributed by atoms with Gasteiger partial charge >= 0.3 is 0 Å². The summed E-state index contributed by atoms with van der Waals surface area (Å²) in [5.74, 6) is -2.89. The number of carbonyl (C=O) groups excluding carboxylic acids is 2. The average molecular weight is 360 g/mol. The quantitative estimate of drug-likeness (QED) is 0.644. The van der Waals surface area contributed by atoms with Gasteiger partial charge in [0.1, 0.15) is 11.9 Å². The number of aliphatic hydroxyl groups is 2. The summed E-state index contributed by atoms with van der Waals surface area (Å²) in [6.45, 7) is 10.2. The maximum Gasteiger partial charge on any atom is 0.206 e. The van der Waals surface area contributed by atoms with E-state index in [0.717, 1.165) is 6.42 Å². The van der Waals surface area contributed by atoms with Gasteiger partial charge in [-0.15, -0.1) is 0 Å². The molecule has 5 heteroatoms. The van der Waals surface area contributed by atoms with Gasteiger partial charge in [0, 0.05) is 12.3 Å². The summed E-state index contributed by atoms with van der Waals surface area (Å²) in [5.41, 5.74) is -1.90. The summed E-state index contributed by atoms with van der Waals surface area (Å²) in [5, 5.41) is 23.1. The molecule has 4 aliphatic carbocycles. The van der Waals surface area contributed by atoms with Crippen molar-refractivity contribution >= 4 is 11.6 Å². The first kappa shape index (κ1) is 17.1. The predicted octanol–water partition coefficient (Wildman–Crippen LogP) is 1.86. The molecule has 8 atom stereocenters. The van der Waals surface area contributed by atoms with Crippen LogP contribution in [0.2, 0.25) is 0 Å². The minimum atomic E-state index is -1.94. The van der Waals surface area contributed by atoms with Gasteiger partial charge in [0.2, 0.25) is 5.79 Å². The maximum atomic E-state index is 13.5. The highest BCUT2D eigenvalue weighted by molar-refractivity contribution is 6.05. The Bertz CT molecular complexity index is 756. The van der Waals surface area contributed by atoms with Gasteiger partial charge < -0.3 is 14.9 Å². The third-order valence-corrected chi connectivity index (χ3v) is 9.13. The lowest BCUT2D eigenvalue weighted by molar-refractivity contribution is -0.433. The summed E-state index contributed by atoms with van der Waals surface area (Å²) in [7, 11) is 0. The molecular formula is C21H28O5. The fourth-order valence-electron chi connectivity index (χ4n) is 8.13. The van der Waals surface area contributed by atoms with E-state index in [-0.39, 0.29) is 41.3 Å². The van der Waals surface area contributed by atoms with Crippen LogP contribution >= 0.6 is 0 Å². The summed E-state index contributed by atoms with van der Waals surface area (Å²) < 4.78 is 5.90. The van der Waals surface area contributed by atoms with E-state index in [1.807, 2.05) is 6.92 Å². The van der Waals surface area contributed by atoms with Gasteiger partial charge in [0.05, 0.1) is 17.4 Å². The van der Waals surface area contributed by atoms with E-state index in [1.54, 1.807) is 0 Å². The largest absolute Gasteiger partial charge is 0.387 e. The molecule has 2 aliphatic heterocycles. The van der Waals surface area contributed by atoms with Crippen molar-refractivity contribution < 1.29 is 24.5 Å². The third-order valence-electron chi connectivity index (χ3n) is 9.13. The Labute approximate surface area is 153 Å². The second kappa shape index (κ2) is 4.50. The van der Waals surface area contributed by atoms with Gasteiger partial charge in [-0.25, -0.2) is 0 Å². The molecule has 2 spiro atoms. The van der Waals surface area contributed by atoms with Gasteiger partial charge in [0.25, 0.3) is 0 Å². The van der Waals surface area contributed by atoms with Crippen molar-refractivity contribution in [1.82, 2.24) is 0 Å². The first-order valence-electron chi connectivity index (χ1n) is 9.88. The highest BCUT2D eigenvalue weighted by Crippen LogP contribution is 2.77. The number of aliphatic hydroxyl groups excluding tert-OH is 1. The van der Waals surface area contributed by atoms with Gasteiger partial charge in [0.15, 0.2) is 5.78 Å². The first-order chi connectivity index (χ1) is 12.1. The zero-order valence-electron chi connectivity index (χ0n) is 15.7. The number of ether oxygens (including phenoxy) is 1. The first-order valence-corrected chi connectivity index (χ1v) is 9.88. The van der Waals surface area contributed by atoms with E-state index >= 15 is 0 Å². The SMILES string of the molecule is C=C1C(=O)[C@]23[C@H](C)[C@H]1CC[C@H]2[C@@]12CO[C@]3(O)[C@@H](O)[C@@H]1C(C)(C)CCC2=O. The molecule has 4 bridgehead atoms. The number of hydrogen-bond donors (Lipinski definition) is 2. The molecule has 6 aliphatic rings. The van der Waals surface area contributed by atoms with Crippen LogP contribution in [-0.2, 0) is 14.3 Å². The molecule has 2 N–H and O–H groups in total. The maximum absolute atomic E-state index is 13.5. The standard InChI is InChI=1S/C21H28O5/c1-10-12-5-6-13-19-9-26-21(25,20(13,11(12)2)16(10)23)17(24)15(19)18(3,4)8-7-14(19)22/h11-13,15,17,24-25H,1,5-9H2,2-4H3/t11-,12+,13+,15-,17+,19-,20+,21-/m1/s1. The Kier molecular flexibility index (Phi) is 2.96. The molecule has 0 unspecified atom stereocenters. The number of hydrogen-bond acceptors (Lipinski definition) is 5. The van der Waals surface area contributed by atoms with E-state index in [1.165, 1.54) is 0 Å². The summed E-state index contributed by atoms with van der Waals surface area (Å²) in [4.78, 5) is 26.8. The van der Waals surface area contributed by atoms with Crippen LogP contribution in [0, 0.1) is 39.9 Å². The van der Waals surface area contributed by atoms with Crippen molar-refractivity contribution in [3.8, 4) is 0 Å². The molecule has 0 amide bonds. The van der Waals surface area contributed by atoms with Crippen molar-refractivity contribution in [3.63, 3.8) is 0 Å². The van der Waals surface area contributed by atoms with Crippen molar-refractivity contribution in [1.29, 1.82) is 0 Å². The molecule has 4 saturated carbocycles. The van der Waals surface area contributed by atoms with Crippen LogP contribution in [0.3, 0.4) is 0 Å². The fraction of sp³-hybridized carbons (Fsp3) is 0.810. The molecule has 0 aromatic rings. The number of ketones is 2. The van der Waals surface area contributed by atoms with Gasteiger partial charge in [-0.3, -0.25) is 9.59 Å². The number of fused-ring (bicyclic) bond motifs is 2. The second-order valence-corrected chi connectivity index (χ2v) is 10.1. The summed E-state index contributed by atoms with van der Waals surface area (Å²) >= 11 is 0. The number of rotatable bonds is 0. The van der Waals surface area contributed by atoms with Crippen molar-refractivity contribution in [2.24, 2.45) is 39.9 Å².